The Labute approximate surface area is 113 Å². The fraction of sp³-hybridized carbons (Fsp3) is 0.0769. The van der Waals surface area contributed by atoms with Crippen molar-refractivity contribution >= 4 is 11.7 Å². The minimum atomic E-state index is -1.16. The number of non-ortho nitro benzene ring substituents is 1. The molecular weight excluding hydrogens is 264 g/mol. The summed E-state index contributed by atoms with van der Waals surface area (Å²) in [5.41, 5.74) is 0.444. The van der Waals surface area contributed by atoms with E-state index < -0.39 is 10.9 Å². The number of nitrogens with zero attached hydrogens (tertiary/aromatic N) is 2. The predicted molar refractivity (Wildman–Crippen MR) is 69.1 cm³/mol. The van der Waals surface area contributed by atoms with Crippen molar-refractivity contribution in [1.82, 2.24) is 4.98 Å². The van der Waals surface area contributed by atoms with E-state index in [-0.39, 0.29) is 22.7 Å². The number of hydrogen-bond acceptors (Lipinski definition) is 5. The number of carboxylic acids is 1. The van der Waals surface area contributed by atoms with Gasteiger partial charge in [0.25, 0.3) is 5.69 Å². The van der Waals surface area contributed by atoms with Gasteiger partial charge in [-0.05, 0) is 24.6 Å². The number of aryl methyl sites for hydroxylation is 1. The van der Waals surface area contributed by atoms with E-state index in [0.29, 0.717) is 5.56 Å². The molecule has 0 amide bonds. The van der Waals surface area contributed by atoms with Crippen LogP contribution in [0.4, 0.5) is 5.69 Å². The lowest BCUT2D eigenvalue weighted by Crippen LogP contribution is -2.00. The van der Waals surface area contributed by atoms with Gasteiger partial charge in [0, 0.05) is 12.3 Å². The maximum Gasteiger partial charge on any atom is 0.339 e. The summed E-state index contributed by atoms with van der Waals surface area (Å²) in [5.74, 6) is -0.948. The zero-order valence-electron chi connectivity index (χ0n) is 10.4. The third-order valence-corrected chi connectivity index (χ3v) is 2.49. The Morgan fingerprint density at radius 3 is 2.80 bits per heavy atom. The van der Waals surface area contributed by atoms with Crippen molar-refractivity contribution in [3.05, 3.63) is 57.9 Å². The van der Waals surface area contributed by atoms with Crippen molar-refractivity contribution in [2.24, 2.45) is 0 Å². The van der Waals surface area contributed by atoms with Crippen LogP contribution in [0.1, 0.15) is 15.9 Å². The first-order valence-electron chi connectivity index (χ1n) is 5.58. The van der Waals surface area contributed by atoms with Crippen molar-refractivity contribution < 1.29 is 19.6 Å². The third-order valence-electron chi connectivity index (χ3n) is 2.49. The van der Waals surface area contributed by atoms with E-state index in [9.17, 15) is 14.9 Å². The van der Waals surface area contributed by atoms with Crippen molar-refractivity contribution in [3.8, 4) is 11.5 Å². The van der Waals surface area contributed by atoms with Gasteiger partial charge in [-0.2, -0.15) is 0 Å². The van der Waals surface area contributed by atoms with Crippen LogP contribution in [0.5, 0.6) is 11.5 Å². The van der Waals surface area contributed by atoms with Crippen LogP contribution < -0.4 is 4.74 Å². The topological polar surface area (TPSA) is 103 Å². The maximum atomic E-state index is 11.0. The van der Waals surface area contributed by atoms with Gasteiger partial charge in [0.2, 0.25) is 0 Å². The van der Waals surface area contributed by atoms with Gasteiger partial charge in [-0.15, -0.1) is 0 Å². The Kier molecular flexibility index (Phi) is 3.60. The first-order valence-corrected chi connectivity index (χ1v) is 5.58. The summed E-state index contributed by atoms with van der Waals surface area (Å²) >= 11 is 0. The fourth-order valence-electron chi connectivity index (χ4n) is 1.66. The molecule has 1 aromatic carbocycles. The summed E-state index contributed by atoms with van der Waals surface area (Å²) in [6.07, 6.45) is 2.58. The van der Waals surface area contributed by atoms with Crippen LogP contribution in [0.15, 0.2) is 36.7 Å². The number of aromatic carboxylic acids is 1. The molecule has 1 aromatic heterocycles. The number of hydrogen-bond donors (Lipinski definition) is 1. The molecule has 102 valence electrons. The molecule has 0 spiro atoms. The van der Waals surface area contributed by atoms with Gasteiger partial charge in [-0.25, -0.2) is 4.79 Å². The highest BCUT2D eigenvalue weighted by atomic mass is 16.6. The van der Waals surface area contributed by atoms with Crippen LogP contribution in [-0.4, -0.2) is 21.0 Å². The molecule has 0 radical (unpaired) electrons. The van der Waals surface area contributed by atoms with Crippen LogP contribution in [-0.2, 0) is 0 Å². The van der Waals surface area contributed by atoms with Crippen molar-refractivity contribution in [1.29, 1.82) is 0 Å². The van der Waals surface area contributed by atoms with Gasteiger partial charge in [-0.3, -0.25) is 15.1 Å². The number of rotatable bonds is 4. The molecule has 7 nitrogen and oxygen atoms in total. The van der Waals surface area contributed by atoms with E-state index in [1.165, 1.54) is 30.6 Å². The Morgan fingerprint density at radius 1 is 1.40 bits per heavy atom. The average molecular weight is 274 g/mol. The van der Waals surface area contributed by atoms with Crippen LogP contribution in [0, 0.1) is 17.0 Å². The Hall–Kier alpha value is -2.96. The number of nitro groups is 1. The number of carbonyl (C=O) groups is 1. The minimum Gasteiger partial charge on any atom is -0.478 e. The van der Waals surface area contributed by atoms with Gasteiger partial charge in [0.15, 0.2) is 5.75 Å². The monoisotopic (exact) mass is 274 g/mol. The molecule has 1 heterocycles. The summed E-state index contributed by atoms with van der Waals surface area (Å²) in [5, 5.41) is 19.8. The van der Waals surface area contributed by atoms with E-state index in [0.717, 1.165) is 0 Å². The van der Waals surface area contributed by atoms with E-state index in [2.05, 4.69) is 4.98 Å². The molecule has 0 aliphatic rings. The second-order valence-corrected chi connectivity index (χ2v) is 4.04. The molecule has 0 bridgehead atoms. The number of carboxylic acid groups (broad SMARTS) is 1. The fourth-order valence-corrected chi connectivity index (χ4v) is 1.66. The second kappa shape index (κ2) is 5.35. The molecule has 1 N–H and O–H groups in total. The molecular formula is C13H10N2O5. The summed E-state index contributed by atoms with van der Waals surface area (Å²) in [6.45, 7) is 1.68. The van der Waals surface area contributed by atoms with Crippen molar-refractivity contribution in [3.63, 3.8) is 0 Å². The number of ether oxygens (including phenoxy) is 1. The zero-order valence-corrected chi connectivity index (χ0v) is 10.4. The summed E-state index contributed by atoms with van der Waals surface area (Å²) in [4.78, 5) is 25.1. The number of pyridine rings is 1. The Morgan fingerprint density at radius 2 is 2.15 bits per heavy atom. The zero-order chi connectivity index (χ0) is 14.7. The maximum absolute atomic E-state index is 11.0. The number of nitro benzene ring substituents is 1. The standard InChI is InChI=1S/C13H10N2O5/c1-8-4-9(15(18)19)6-10(5-8)20-12-7-14-3-2-11(12)13(16)17/h2-7H,1H3,(H,16,17). The molecule has 0 saturated heterocycles. The summed E-state index contributed by atoms with van der Waals surface area (Å²) in [7, 11) is 0. The molecule has 0 fully saturated rings. The van der Waals surface area contributed by atoms with Gasteiger partial charge < -0.3 is 9.84 Å². The van der Waals surface area contributed by atoms with Gasteiger partial charge in [0.1, 0.15) is 11.3 Å². The first-order chi connectivity index (χ1) is 9.47. The largest absolute Gasteiger partial charge is 0.478 e. The van der Waals surface area contributed by atoms with Crippen molar-refractivity contribution in [2.45, 2.75) is 6.92 Å². The minimum absolute atomic E-state index is 0.0277. The Balaban J connectivity index is 2.40. The molecule has 7 heteroatoms. The second-order valence-electron chi connectivity index (χ2n) is 4.04. The average Bonchev–Trinajstić information content (AvgIpc) is 2.38. The van der Waals surface area contributed by atoms with Crippen LogP contribution in [0.2, 0.25) is 0 Å². The summed E-state index contributed by atoms with van der Waals surface area (Å²) < 4.78 is 5.39. The number of aromatic nitrogens is 1. The van der Waals surface area contributed by atoms with Crippen LogP contribution >= 0.6 is 0 Å². The number of benzene rings is 1. The highest BCUT2D eigenvalue weighted by molar-refractivity contribution is 5.90. The lowest BCUT2D eigenvalue weighted by atomic mass is 10.2. The van der Waals surface area contributed by atoms with E-state index in [1.54, 1.807) is 13.0 Å². The molecule has 0 atom stereocenters. The highest BCUT2D eigenvalue weighted by Crippen LogP contribution is 2.28. The smallest absolute Gasteiger partial charge is 0.339 e. The van der Waals surface area contributed by atoms with Crippen LogP contribution in [0.3, 0.4) is 0 Å². The van der Waals surface area contributed by atoms with E-state index >= 15 is 0 Å². The molecule has 2 aromatic rings. The van der Waals surface area contributed by atoms with Gasteiger partial charge in [0.05, 0.1) is 17.2 Å². The van der Waals surface area contributed by atoms with Gasteiger partial charge >= 0.3 is 5.97 Å². The quantitative estimate of drug-likeness (QED) is 0.679. The van der Waals surface area contributed by atoms with E-state index in [4.69, 9.17) is 9.84 Å². The third kappa shape index (κ3) is 2.89. The SMILES string of the molecule is Cc1cc(Oc2cnccc2C(=O)O)cc([N+](=O)[O-])c1. The molecule has 0 unspecified atom stereocenters. The Bertz CT molecular complexity index is 684. The lowest BCUT2D eigenvalue weighted by Gasteiger charge is -2.08. The van der Waals surface area contributed by atoms with Crippen molar-refractivity contribution in [2.75, 3.05) is 0 Å². The molecule has 0 aliphatic heterocycles. The molecule has 2 rings (SSSR count). The summed E-state index contributed by atoms with van der Waals surface area (Å²) in [6, 6.07) is 5.49. The molecule has 0 aliphatic carbocycles. The van der Waals surface area contributed by atoms with Crippen LogP contribution in [0.25, 0.3) is 0 Å². The predicted octanol–water partition coefficient (Wildman–Crippen LogP) is 2.79. The molecule has 0 saturated carbocycles. The first kappa shape index (κ1) is 13.5. The molecule has 20 heavy (non-hydrogen) atoms. The highest BCUT2D eigenvalue weighted by Gasteiger charge is 2.14. The lowest BCUT2D eigenvalue weighted by molar-refractivity contribution is -0.385. The van der Waals surface area contributed by atoms with Gasteiger partial charge in [-0.1, -0.05) is 0 Å². The normalized spacial score (nSPS) is 10.1. The van der Waals surface area contributed by atoms with E-state index in [1.807, 2.05) is 0 Å².